The minimum atomic E-state index is -1.62. The maximum atomic E-state index is 14.7. The van der Waals surface area contributed by atoms with Gasteiger partial charge in [0.1, 0.15) is 12.0 Å². The number of nitrogens with two attached hydrogens (primary N) is 1. The number of halogens is 4. The summed E-state index contributed by atoms with van der Waals surface area (Å²) in [6.45, 7) is 3.33. The number of anilines is 1. The van der Waals surface area contributed by atoms with Gasteiger partial charge in [-0.15, -0.1) is 0 Å². The molecule has 1 aromatic carbocycles. The summed E-state index contributed by atoms with van der Waals surface area (Å²) in [5, 5.41) is -0.119. The molecule has 0 saturated carbocycles. The maximum absolute atomic E-state index is 14.7. The lowest BCUT2D eigenvalue weighted by Gasteiger charge is -2.13. The molecule has 0 saturated heterocycles. The number of carbonyl (C=O) groups is 1. The normalized spacial score (nSPS) is 12.1. The summed E-state index contributed by atoms with van der Waals surface area (Å²) in [7, 11) is 0. The second kappa shape index (κ2) is 8.64. The second-order valence-corrected chi connectivity index (χ2v) is 6.47. The average molecular weight is 403 g/mol. The number of hydrogen-bond donors (Lipinski definition) is 1. The number of unbranched alkanes of at least 4 members (excludes halogenated alkanes) is 1. The van der Waals surface area contributed by atoms with Gasteiger partial charge in [0.25, 0.3) is 0 Å². The van der Waals surface area contributed by atoms with Crippen LogP contribution in [0, 0.1) is 5.82 Å². The molecule has 0 aliphatic carbocycles. The number of benzene rings is 1. The topological polar surface area (TPSA) is 65.2 Å². The SMILES string of the molecule is CCCCOC(=O)c1nc(-c2ccc(Cl)c(C(C)F)c2F)cc(N)c1Cl. The summed E-state index contributed by atoms with van der Waals surface area (Å²) in [6, 6.07) is 4.01. The van der Waals surface area contributed by atoms with E-state index in [4.69, 9.17) is 33.7 Å². The molecule has 26 heavy (non-hydrogen) atoms. The standard InChI is InChI=1S/C18H18Cl2F2N2O2/c1-3-4-7-26-18(25)17-15(20)12(23)8-13(24-17)10-5-6-11(19)14(9(2)21)16(10)22/h5-6,8-9H,3-4,7H2,1-2H3,(H2,23,24). The number of esters is 1. The van der Waals surface area contributed by atoms with Crippen molar-refractivity contribution >= 4 is 34.9 Å². The zero-order valence-electron chi connectivity index (χ0n) is 14.3. The van der Waals surface area contributed by atoms with Crippen LogP contribution in [0.1, 0.15) is 48.9 Å². The zero-order valence-corrected chi connectivity index (χ0v) is 15.8. The van der Waals surface area contributed by atoms with Crippen LogP contribution < -0.4 is 5.73 Å². The van der Waals surface area contributed by atoms with Gasteiger partial charge in [-0.05, 0) is 31.5 Å². The van der Waals surface area contributed by atoms with Gasteiger partial charge in [-0.3, -0.25) is 0 Å². The lowest BCUT2D eigenvalue weighted by Crippen LogP contribution is -2.11. The van der Waals surface area contributed by atoms with E-state index in [0.29, 0.717) is 6.42 Å². The van der Waals surface area contributed by atoms with E-state index in [1.165, 1.54) is 25.1 Å². The number of aromatic nitrogens is 1. The van der Waals surface area contributed by atoms with Crippen LogP contribution in [0.5, 0.6) is 0 Å². The number of pyridine rings is 1. The van der Waals surface area contributed by atoms with E-state index in [-0.39, 0.29) is 44.9 Å². The fourth-order valence-corrected chi connectivity index (χ4v) is 2.80. The number of nitrogen functional groups attached to an aromatic ring is 1. The van der Waals surface area contributed by atoms with E-state index in [1.54, 1.807) is 0 Å². The van der Waals surface area contributed by atoms with E-state index in [2.05, 4.69) is 4.98 Å². The van der Waals surface area contributed by atoms with Crippen LogP contribution in [0.4, 0.5) is 14.5 Å². The summed E-state index contributed by atoms with van der Waals surface area (Å²) in [5.41, 5.74) is 5.34. The van der Waals surface area contributed by atoms with Crippen LogP contribution in [0.25, 0.3) is 11.3 Å². The molecule has 2 aromatic rings. The van der Waals surface area contributed by atoms with Gasteiger partial charge < -0.3 is 10.5 Å². The van der Waals surface area contributed by atoms with E-state index in [9.17, 15) is 13.6 Å². The van der Waals surface area contributed by atoms with Crippen molar-refractivity contribution in [3.63, 3.8) is 0 Å². The van der Waals surface area contributed by atoms with E-state index < -0.39 is 18.0 Å². The molecule has 1 unspecified atom stereocenters. The third-order valence-electron chi connectivity index (χ3n) is 3.71. The van der Waals surface area contributed by atoms with Gasteiger partial charge in [0.15, 0.2) is 5.69 Å². The first-order chi connectivity index (χ1) is 12.3. The monoisotopic (exact) mass is 402 g/mol. The largest absolute Gasteiger partial charge is 0.461 e. The van der Waals surface area contributed by atoms with Crippen molar-refractivity contribution < 1.29 is 18.3 Å². The predicted octanol–water partition coefficient (Wildman–Crippen LogP) is 5.76. The van der Waals surface area contributed by atoms with E-state index >= 15 is 0 Å². The van der Waals surface area contributed by atoms with Crippen LogP contribution in [0.15, 0.2) is 18.2 Å². The minimum absolute atomic E-state index is 0.0308. The molecule has 0 bridgehead atoms. The quantitative estimate of drug-likeness (QED) is 0.492. The third kappa shape index (κ3) is 4.24. The number of ether oxygens (including phenoxy) is 1. The summed E-state index contributed by atoms with van der Waals surface area (Å²) in [4.78, 5) is 16.3. The Labute approximate surface area is 160 Å². The highest BCUT2D eigenvalue weighted by Gasteiger charge is 2.23. The number of carbonyl (C=O) groups excluding carboxylic acids is 1. The Balaban J connectivity index is 2.52. The molecule has 4 nitrogen and oxygen atoms in total. The van der Waals surface area contributed by atoms with Gasteiger partial charge in [0.05, 0.1) is 23.0 Å². The Bertz CT molecular complexity index is 829. The van der Waals surface area contributed by atoms with Gasteiger partial charge in [-0.2, -0.15) is 0 Å². The van der Waals surface area contributed by atoms with E-state index in [0.717, 1.165) is 6.42 Å². The van der Waals surface area contributed by atoms with Crippen molar-refractivity contribution in [3.05, 3.63) is 45.3 Å². The molecular weight excluding hydrogens is 385 g/mol. The van der Waals surface area contributed by atoms with Crippen molar-refractivity contribution in [1.29, 1.82) is 0 Å². The van der Waals surface area contributed by atoms with E-state index in [1.807, 2.05) is 6.92 Å². The molecule has 0 radical (unpaired) electrons. The Hall–Kier alpha value is -1.92. The number of alkyl halides is 1. The smallest absolute Gasteiger partial charge is 0.358 e. The van der Waals surface area contributed by atoms with Crippen LogP contribution in [-0.4, -0.2) is 17.6 Å². The van der Waals surface area contributed by atoms with Gasteiger partial charge >= 0.3 is 5.97 Å². The molecule has 0 fully saturated rings. The molecule has 1 atom stereocenters. The first-order valence-electron chi connectivity index (χ1n) is 8.03. The second-order valence-electron chi connectivity index (χ2n) is 5.69. The average Bonchev–Trinajstić information content (AvgIpc) is 2.57. The van der Waals surface area contributed by atoms with Crippen molar-refractivity contribution in [3.8, 4) is 11.3 Å². The Morgan fingerprint density at radius 3 is 2.69 bits per heavy atom. The van der Waals surface area contributed by atoms with Crippen LogP contribution in [-0.2, 0) is 4.74 Å². The number of rotatable bonds is 6. The van der Waals surface area contributed by atoms with Gasteiger partial charge in [-0.25, -0.2) is 18.6 Å². The summed E-state index contributed by atoms with van der Waals surface area (Å²) in [5.74, 6) is -1.63. The molecule has 0 amide bonds. The highest BCUT2D eigenvalue weighted by Crippen LogP contribution is 2.36. The molecular formula is C18H18Cl2F2N2O2. The van der Waals surface area contributed by atoms with Crippen LogP contribution in [0.2, 0.25) is 10.0 Å². The molecule has 0 spiro atoms. The lowest BCUT2D eigenvalue weighted by atomic mass is 10.0. The van der Waals surface area contributed by atoms with Crippen molar-refractivity contribution in [2.45, 2.75) is 32.9 Å². The Morgan fingerprint density at radius 2 is 2.08 bits per heavy atom. The Kier molecular flexibility index (Phi) is 6.78. The molecule has 1 aromatic heterocycles. The lowest BCUT2D eigenvalue weighted by molar-refractivity contribution is 0.0493. The molecule has 140 valence electrons. The van der Waals surface area contributed by atoms with Crippen molar-refractivity contribution in [2.24, 2.45) is 0 Å². The highest BCUT2D eigenvalue weighted by molar-refractivity contribution is 6.35. The van der Waals surface area contributed by atoms with Gasteiger partial charge in [-0.1, -0.05) is 36.5 Å². The highest BCUT2D eigenvalue weighted by atomic mass is 35.5. The summed E-state index contributed by atoms with van der Waals surface area (Å²) in [6.07, 6.45) is -0.0932. The van der Waals surface area contributed by atoms with Crippen molar-refractivity contribution in [2.75, 3.05) is 12.3 Å². The maximum Gasteiger partial charge on any atom is 0.358 e. The molecule has 0 aliphatic heterocycles. The fraction of sp³-hybridized carbons (Fsp3) is 0.333. The molecule has 8 heteroatoms. The predicted molar refractivity (Wildman–Crippen MR) is 98.8 cm³/mol. The molecule has 0 aliphatic rings. The molecule has 2 N–H and O–H groups in total. The van der Waals surface area contributed by atoms with Gasteiger partial charge in [0, 0.05) is 16.1 Å². The van der Waals surface area contributed by atoms with Crippen molar-refractivity contribution in [1.82, 2.24) is 4.98 Å². The van der Waals surface area contributed by atoms with Crippen LogP contribution in [0.3, 0.4) is 0 Å². The number of hydrogen-bond acceptors (Lipinski definition) is 4. The molecule has 1 heterocycles. The third-order valence-corrected chi connectivity index (χ3v) is 4.44. The van der Waals surface area contributed by atoms with Gasteiger partial charge in [0.2, 0.25) is 0 Å². The first kappa shape index (κ1) is 20.4. The number of nitrogens with zero attached hydrogens (tertiary/aromatic N) is 1. The molecule has 2 rings (SSSR count). The fourth-order valence-electron chi connectivity index (χ4n) is 2.33. The minimum Gasteiger partial charge on any atom is -0.461 e. The van der Waals surface area contributed by atoms with Crippen LogP contribution >= 0.6 is 23.2 Å². The summed E-state index contributed by atoms with van der Waals surface area (Å²) >= 11 is 11.9. The first-order valence-corrected chi connectivity index (χ1v) is 8.79. The zero-order chi connectivity index (χ0) is 19.4. The summed E-state index contributed by atoms with van der Waals surface area (Å²) < 4.78 is 33.5. The Morgan fingerprint density at radius 1 is 1.38 bits per heavy atom.